The smallest absolute Gasteiger partial charge is 0.237 e. The third kappa shape index (κ3) is 1.89. The number of carbonyl (C=O) groups excluding carboxylic acids is 1. The van der Waals surface area contributed by atoms with E-state index in [1.165, 1.54) is 0 Å². The van der Waals surface area contributed by atoms with Gasteiger partial charge in [-0.1, -0.05) is 18.2 Å². The van der Waals surface area contributed by atoms with Crippen LogP contribution in [0.2, 0.25) is 0 Å². The van der Waals surface area contributed by atoms with E-state index in [2.05, 4.69) is 10.3 Å². The Bertz CT molecular complexity index is 401. The van der Waals surface area contributed by atoms with Gasteiger partial charge < -0.3 is 10.4 Å². The van der Waals surface area contributed by atoms with Crippen molar-refractivity contribution < 1.29 is 9.90 Å². The van der Waals surface area contributed by atoms with Crippen molar-refractivity contribution in [1.82, 2.24) is 0 Å². The van der Waals surface area contributed by atoms with E-state index in [9.17, 15) is 4.79 Å². The zero-order chi connectivity index (χ0) is 10.7. The Balaban J connectivity index is 2.22. The lowest BCUT2D eigenvalue weighted by Gasteiger charge is -2.00. The highest BCUT2D eigenvalue weighted by Gasteiger charge is 2.28. The molecule has 4 heteroatoms. The van der Waals surface area contributed by atoms with Gasteiger partial charge in [-0.15, -0.1) is 0 Å². The number of anilines is 1. The van der Waals surface area contributed by atoms with E-state index in [0.717, 1.165) is 11.3 Å². The number of hydrogen-bond donors (Lipinski definition) is 2. The van der Waals surface area contributed by atoms with Crippen LogP contribution in [0.3, 0.4) is 0 Å². The minimum absolute atomic E-state index is 0.00643. The molecule has 1 aliphatic heterocycles. The Morgan fingerprint density at radius 1 is 1.47 bits per heavy atom. The van der Waals surface area contributed by atoms with Crippen molar-refractivity contribution in [3.8, 4) is 0 Å². The largest absolute Gasteiger partial charge is 0.394 e. The molecule has 2 rings (SSSR count). The van der Waals surface area contributed by atoms with Crippen molar-refractivity contribution >= 4 is 17.8 Å². The van der Waals surface area contributed by atoms with Crippen molar-refractivity contribution in [3.63, 3.8) is 0 Å². The van der Waals surface area contributed by atoms with Gasteiger partial charge in [-0.2, -0.15) is 0 Å². The molecule has 1 amide bonds. The van der Waals surface area contributed by atoms with Gasteiger partial charge in [0.15, 0.2) is 0 Å². The monoisotopic (exact) mass is 204 g/mol. The maximum Gasteiger partial charge on any atom is 0.237 e. The van der Waals surface area contributed by atoms with Gasteiger partial charge in [0, 0.05) is 11.9 Å². The van der Waals surface area contributed by atoms with Crippen LogP contribution in [-0.2, 0) is 4.79 Å². The van der Waals surface area contributed by atoms with Gasteiger partial charge in [0.1, 0.15) is 5.92 Å². The lowest BCUT2D eigenvalue weighted by molar-refractivity contribution is -0.115. The highest BCUT2D eigenvalue weighted by Crippen LogP contribution is 2.30. The average Bonchev–Trinajstić information content (AvgIpc) is 2.56. The lowest BCUT2D eigenvalue weighted by Crippen LogP contribution is -2.13. The number of aliphatic imine (C=N–C) groups is 1. The summed E-state index contributed by atoms with van der Waals surface area (Å²) in [6.45, 7) is 0.346. The predicted octanol–water partition coefficient (Wildman–Crippen LogP) is 0.785. The van der Waals surface area contributed by atoms with Crippen molar-refractivity contribution in [2.75, 3.05) is 18.5 Å². The molecule has 0 unspecified atom stereocenters. The molecule has 0 saturated heterocycles. The Morgan fingerprint density at radius 3 is 3.07 bits per heavy atom. The van der Waals surface area contributed by atoms with Gasteiger partial charge in [-0.3, -0.25) is 9.79 Å². The molecule has 1 atom stereocenters. The lowest BCUT2D eigenvalue weighted by atomic mass is 10.0. The number of aliphatic hydroxyl groups excluding tert-OH is 1. The second kappa shape index (κ2) is 4.23. The van der Waals surface area contributed by atoms with Gasteiger partial charge in [0.25, 0.3) is 0 Å². The van der Waals surface area contributed by atoms with Crippen molar-refractivity contribution in [1.29, 1.82) is 0 Å². The van der Waals surface area contributed by atoms with Gasteiger partial charge >= 0.3 is 0 Å². The Kier molecular flexibility index (Phi) is 2.78. The van der Waals surface area contributed by atoms with E-state index in [4.69, 9.17) is 5.11 Å². The van der Waals surface area contributed by atoms with E-state index < -0.39 is 0 Å². The van der Waals surface area contributed by atoms with Crippen LogP contribution in [0, 0.1) is 0 Å². The van der Waals surface area contributed by atoms with E-state index in [1.54, 1.807) is 6.21 Å². The fraction of sp³-hybridized carbons (Fsp3) is 0.273. The fourth-order valence-electron chi connectivity index (χ4n) is 1.62. The summed E-state index contributed by atoms with van der Waals surface area (Å²) in [7, 11) is 0. The second-order valence-corrected chi connectivity index (χ2v) is 3.33. The second-order valence-electron chi connectivity index (χ2n) is 3.33. The summed E-state index contributed by atoms with van der Waals surface area (Å²) in [5.41, 5.74) is 1.80. The molecule has 0 fully saturated rings. The van der Waals surface area contributed by atoms with Crippen LogP contribution in [-0.4, -0.2) is 30.4 Å². The Hall–Kier alpha value is -1.68. The van der Waals surface area contributed by atoms with Crippen LogP contribution < -0.4 is 5.32 Å². The SMILES string of the molecule is O=C1Nc2ccccc2[C@H]1C=NCCO. The highest BCUT2D eigenvalue weighted by molar-refractivity contribution is 6.12. The van der Waals surface area contributed by atoms with E-state index in [1.807, 2.05) is 24.3 Å². The maximum absolute atomic E-state index is 11.6. The number of fused-ring (bicyclic) bond motifs is 1. The molecule has 0 saturated carbocycles. The molecule has 78 valence electrons. The standard InChI is InChI=1S/C11H12N2O2/c14-6-5-12-7-9-8-3-1-2-4-10(8)13-11(9)15/h1-4,7,9,14H,5-6H2,(H,13,15)/t9-/m1/s1. The molecule has 0 spiro atoms. The number of nitrogens with zero attached hydrogens (tertiary/aromatic N) is 1. The summed E-state index contributed by atoms with van der Waals surface area (Å²) in [4.78, 5) is 15.5. The molecule has 0 aromatic heterocycles. The van der Waals surface area contributed by atoms with Crippen molar-refractivity contribution in [2.24, 2.45) is 4.99 Å². The summed E-state index contributed by atoms with van der Waals surface area (Å²) < 4.78 is 0. The zero-order valence-electron chi connectivity index (χ0n) is 8.18. The van der Waals surface area contributed by atoms with Gasteiger partial charge in [0.05, 0.1) is 13.2 Å². The van der Waals surface area contributed by atoms with E-state index in [0.29, 0.717) is 6.54 Å². The van der Waals surface area contributed by atoms with Crippen LogP contribution >= 0.6 is 0 Å². The first kappa shape index (κ1) is 9.86. The summed E-state index contributed by atoms with van der Waals surface area (Å²) in [6, 6.07) is 7.55. The number of carbonyl (C=O) groups is 1. The first-order valence-electron chi connectivity index (χ1n) is 4.83. The molecule has 15 heavy (non-hydrogen) atoms. The zero-order valence-corrected chi connectivity index (χ0v) is 8.18. The topological polar surface area (TPSA) is 61.7 Å². The third-order valence-corrected chi connectivity index (χ3v) is 2.32. The van der Waals surface area contributed by atoms with Gasteiger partial charge in [0.2, 0.25) is 5.91 Å². The number of nitrogens with one attached hydrogen (secondary N) is 1. The molecule has 1 heterocycles. The molecule has 4 nitrogen and oxygen atoms in total. The summed E-state index contributed by atoms with van der Waals surface area (Å²) in [5, 5.41) is 11.4. The predicted molar refractivity (Wildman–Crippen MR) is 58.3 cm³/mol. The number of hydrogen-bond acceptors (Lipinski definition) is 3. The minimum atomic E-state index is -0.312. The van der Waals surface area contributed by atoms with E-state index >= 15 is 0 Å². The maximum atomic E-state index is 11.6. The van der Waals surface area contributed by atoms with Crippen LogP contribution in [0.4, 0.5) is 5.69 Å². The van der Waals surface area contributed by atoms with Crippen LogP contribution in [0.1, 0.15) is 11.5 Å². The minimum Gasteiger partial charge on any atom is -0.394 e. The average molecular weight is 204 g/mol. The molecule has 1 aliphatic rings. The van der Waals surface area contributed by atoms with Crippen molar-refractivity contribution in [3.05, 3.63) is 29.8 Å². The van der Waals surface area contributed by atoms with Crippen LogP contribution in [0.15, 0.2) is 29.3 Å². The van der Waals surface area contributed by atoms with Crippen LogP contribution in [0.25, 0.3) is 0 Å². The number of aliphatic hydroxyl groups is 1. The summed E-state index contributed by atoms with van der Waals surface area (Å²) in [5.74, 6) is -0.370. The number of para-hydroxylation sites is 1. The highest BCUT2D eigenvalue weighted by atomic mass is 16.3. The summed E-state index contributed by atoms with van der Waals surface area (Å²) >= 11 is 0. The molecule has 1 aromatic rings. The van der Waals surface area contributed by atoms with Gasteiger partial charge in [-0.25, -0.2) is 0 Å². The summed E-state index contributed by atoms with van der Waals surface area (Å²) in [6.07, 6.45) is 1.59. The Morgan fingerprint density at radius 2 is 2.27 bits per heavy atom. The fourth-order valence-corrected chi connectivity index (χ4v) is 1.62. The number of amides is 1. The first-order valence-corrected chi connectivity index (χ1v) is 4.83. The first-order chi connectivity index (χ1) is 7.33. The normalized spacial score (nSPS) is 19.3. The molecular weight excluding hydrogens is 192 g/mol. The molecule has 0 radical (unpaired) electrons. The quantitative estimate of drug-likeness (QED) is 0.715. The molecule has 0 bridgehead atoms. The molecule has 1 aromatic carbocycles. The number of rotatable bonds is 3. The van der Waals surface area contributed by atoms with E-state index in [-0.39, 0.29) is 18.4 Å². The molecular formula is C11H12N2O2. The Labute approximate surface area is 87.7 Å². The third-order valence-electron chi connectivity index (χ3n) is 2.32. The molecule has 2 N–H and O–H groups in total. The number of benzene rings is 1. The van der Waals surface area contributed by atoms with Crippen LogP contribution in [0.5, 0.6) is 0 Å². The van der Waals surface area contributed by atoms with Crippen molar-refractivity contribution in [2.45, 2.75) is 5.92 Å². The molecule has 0 aliphatic carbocycles. The van der Waals surface area contributed by atoms with Gasteiger partial charge in [-0.05, 0) is 11.6 Å².